The maximum atomic E-state index is 12.2. The van der Waals surface area contributed by atoms with Crippen LogP contribution >= 0.6 is 0 Å². The van der Waals surface area contributed by atoms with Gasteiger partial charge >= 0.3 is 0 Å². The van der Waals surface area contributed by atoms with Crippen molar-refractivity contribution in [1.82, 2.24) is 10.9 Å². The Kier molecular flexibility index (Phi) is 9.05. The monoisotopic (exact) mass is 382 g/mol. The Morgan fingerprint density at radius 1 is 0.786 bits per heavy atom. The molecule has 0 aliphatic rings. The Labute approximate surface area is 167 Å². The van der Waals surface area contributed by atoms with Gasteiger partial charge < -0.3 is 5.11 Å². The first kappa shape index (κ1) is 21.5. The third-order valence-corrected chi connectivity index (χ3v) is 4.72. The second kappa shape index (κ2) is 11.8. The molecule has 2 aromatic rings. The summed E-state index contributed by atoms with van der Waals surface area (Å²) in [5.74, 6) is -1.10. The second-order valence-electron chi connectivity index (χ2n) is 6.99. The highest BCUT2D eigenvalue weighted by Gasteiger charge is 2.12. The van der Waals surface area contributed by atoms with E-state index in [-0.39, 0.29) is 11.3 Å². The lowest BCUT2D eigenvalue weighted by Crippen LogP contribution is -2.41. The van der Waals surface area contributed by atoms with Crippen LogP contribution in [0.4, 0.5) is 0 Å². The van der Waals surface area contributed by atoms with Gasteiger partial charge in [0.15, 0.2) is 0 Å². The van der Waals surface area contributed by atoms with Gasteiger partial charge in [0, 0.05) is 5.56 Å². The van der Waals surface area contributed by atoms with E-state index >= 15 is 0 Å². The number of amides is 2. The zero-order valence-electron chi connectivity index (χ0n) is 16.5. The number of nitrogens with one attached hydrogen (secondary N) is 2. The van der Waals surface area contributed by atoms with Crippen LogP contribution in [-0.4, -0.2) is 16.9 Å². The molecule has 2 amide bonds. The summed E-state index contributed by atoms with van der Waals surface area (Å²) < 4.78 is 0. The van der Waals surface area contributed by atoms with Crippen LogP contribution in [0.5, 0.6) is 5.75 Å². The van der Waals surface area contributed by atoms with E-state index in [2.05, 4.69) is 17.8 Å². The minimum atomic E-state index is -0.568. The quantitative estimate of drug-likeness (QED) is 0.409. The minimum Gasteiger partial charge on any atom is -0.507 e. The van der Waals surface area contributed by atoms with E-state index in [1.54, 1.807) is 24.3 Å². The largest absolute Gasteiger partial charge is 0.507 e. The zero-order valence-corrected chi connectivity index (χ0v) is 16.5. The number of aryl methyl sites for hydroxylation is 1. The lowest BCUT2D eigenvalue weighted by molar-refractivity contribution is 0.0845. The molecule has 0 bridgehead atoms. The van der Waals surface area contributed by atoms with Gasteiger partial charge in [-0.25, -0.2) is 0 Å². The number of unbranched alkanes of at least 4 members (excludes halogenated alkanes) is 6. The molecule has 0 heterocycles. The summed E-state index contributed by atoms with van der Waals surface area (Å²) in [6.07, 6.45) is 9.96. The number of carbonyl (C=O) groups excluding carboxylic acids is 2. The molecule has 0 unspecified atom stereocenters. The first-order valence-electron chi connectivity index (χ1n) is 10.1. The Bertz CT molecular complexity index is 757. The van der Waals surface area contributed by atoms with Crippen LogP contribution in [0.15, 0.2) is 48.5 Å². The molecule has 2 rings (SSSR count). The van der Waals surface area contributed by atoms with Crippen molar-refractivity contribution in [3.63, 3.8) is 0 Å². The van der Waals surface area contributed by atoms with E-state index in [9.17, 15) is 14.7 Å². The third kappa shape index (κ3) is 7.06. The maximum absolute atomic E-state index is 12.2. The van der Waals surface area contributed by atoms with E-state index in [1.165, 1.54) is 56.2 Å². The van der Waals surface area contributed by atoms with Gasteiger partial charge in [-0.05, 0) is 42.7 Å². The van der Waals surface area contributed by atoms with Crippen LogP contribution in [0.1, 0.15) is 78.1 Å². The topological polar surface area (TPSA) is 78.4 Å². The summed E-state index contributed by atoms with van der Waals surface area (Å²) in [5, 5.41) is 9.66. The SMILES string of the molecule is CCCCCCCCCc1ccc(C(=O)NNC(=O)c2ccccc2O)cc1. The predicted octanol–water partition coefficient (Wildman–Crippen LogP) is 4.76. The van der Waals surface area contributed by atoms with E-state index in [1.807, 2.05) is 12.1 Å². The highest BCUT2D eigenvalue weighted by molar-refractivity contribution is 6.00. The molecule has 150 valence electrons. The van der Waals surface area contributed by atoms with Gasteiger partial charge in [-0.2, -0.15) is 0 Å². The van der Waals surface area contributed by atoms with Gasteiger partial charge in [-0.1, -0.05) is 69.7 Å². The average Bonchev–Trinajstić information content (AvgIpc) is 2.72. The number of aromatic hydroxyl groups is 1. The summed E-state index contributed by atoms with van der Waals surface area (Å²) in [6, 6.07) is 13.6. The fourth-order valence-electron chi connectivity index (χ4n) is 3.03. The lowest BCUT2D eigenvalue weighted by Gasteiger charge is -2.09. The van der Waals surface area contributed by atoms with Crippen molar-refractivity contribution in [2.75, 3.05) is 0 Å². The molecular weight excluding hydrogens is 352 g/mol. The van der Waals surface area contributed by atoms with Crippen molar-refractivity contribution in [1.29, 1.82) is 0 Å². The average molecular weight is 383 g/mol. The van der Waals surface area contributed by atoms with Crippen molar-refractivity contribution in [3.05, 3.63) is 65.2 Å². The smallest absolute Gasteiger partial charge is 0.273 e. The number of hydrogen-bond donors (Lipinski definition) is 3. The van der Waals surface area contributed by atoms with E-state index in [4.69, 9.17) is 0 Å². The third-order valence-electron chi connectivity index (χ3n) is 4.72. The molecule has 0 fully saturated rings. The van der Waals surface area contributed by atoms with E-state index in [0.29, 0.717) is 5.56 Å². The predicted molar refractivity (Wildman–Crippen MR) is 111 cm³/mol. The zero-order chi connectivity index (χ0) is 20.2. The number of rotatable bonds is 10. The van der Waals surface area contributed by atoms with Crippen molar-refractivity contribution in [2.45, 2.75) is 58.3 Å². The summed E-state index contributed by atoms with van der Waals surface area (Å²) in [6.45, 7) is 2.23. The molecule has 0 saturated carbocycles. The normalized spacial score (nSPS) is 10.5. The molecular formula is C23H30N2O3. The van der Waals surface area contributed by atoms with Crippen LogP contribution in [0.2, 0.25) is 0 Å². The molecule has 0 aliphatic heterocycles. The summed E-state index contributed by atoms with van der Waals surface area (Å²) >= 11 is 0. The Balaban J connectivity index is 1.72. The van der Waals surface area contributed by atoms with Crippen LogP contribution in [0, 0.1) is 0 Å². The van der Waals surface area contributed by atoms with Gasteiger partial charge in [0.05, 0.1) is 5.56 Å². The first-order valence-corrected chi connectivity index (χ1v) is 10.1. The van der Waals surface area contributed by atoms with Crippen molar-refractivity contribution >= 4 is 11.8 Å². The van der Waals surface area contributed by atoms with Gasteiger partial charge in [0.1, 0.15) is 5.75 Å². The van der Waals surface area contributed by atoms with Crippen molar-refractivity contribution in [2.24, 2.45) is 0 Å². The summed E-state index contributed by atoms with van der Waals surface area (Å²) in [5.41, 5.74) is 6.48. The molecule has 28 heavy (non-hydrogen) atoms. The lowest BCUT2D eigenvalue weighted by atomic mass is 10.0. The van der Waals surface area contributed by atoms with Gasteiger partial charge in [0.2, 0.25) is 0 Å². The Morgan fingerprint density at radius 2 is 1.39 bits per heavy atom. The molecule has 3 N–H and O–H groups in total. The molecule has 0 aliphatic carbocycles. The second-order valence-corrected chi connectivity index (χ2v) is 6.99. The molecule has 0 spiro atoms. The number of hydrogen-bond acceptors (Lipinski definition) is 3. The molecule has 0 atom stereocenters. The number of para-hydroxylation sites is 1. The minimum absolute atomic E-state index is 0.104. The molecule has 0 aromatic heterocycles. The van der Waals surface area contributed by atoms with Crippen LogP contribution in [0.25, 0.3) is 0 Å². The highest BCUT2D eigenvalue weighted by atomic mass is 16.3. The van der Waals surface area contributed by atoms with Gasteiger partial charge in [-0.15, -0.1) is 0 Å². The van der Waals surface area contributed by atoms with Crippen LogP contribution in [-0.2, 0) is 6.42 Å². The molecule has 5 heteroatoms. The van der Waals surface area contributed by atoms with E-state index < -0.39 is 11.8 Å². The van der Waals surface area contributed by atoms with Crippen molar-refractivity contribution < 1.29 is 14.7 Å². The molecule has 5 nitrogen and oxygen atoms in total. The summed E-state index contributed by atoms with van der Waals surface area (Å²) in [7, 11) is 0. The standard InChI is InChI=1S/C23H30N2O3/c1-2-3-4-5-6-7-8-11-18-14-16-19(17-15-18)22(27)24-25-23(28)20-12-9-10-13-21(20)26/h9-10,12-17,26H,2-8,11H2,1H3,(H,24,27)(H,25,28). The Hall–Kier alpha value is -2.82. The highest BCUT2D eigenvalue weighted by Crippen LogP contribution is 2.15. The number of phenols is 1. The molecule has 0 saturated heterocycles. The van der Waals surface area contributed by atoms with Crippen molar-refractivity contribution in [3.8, 4) is 5.75 Å². The number of benzene rings is 2. The van der Waals surface area contributed by atoms with Gasteiger partial charge in [-0.3, -0.25) is 20.4 Å². The van der Waals surface area contributed by atoms with E-state index in [0.717, 1.165) is 12.8 Å². The fourth-order valence-corrected chi connectivity index (χ4v) is 3.03. The van der Waals surface area contributed by atoms with Gasteiger partial charge in [0.25, 0.3) is 11.8 Å². The fraction of sp³-hybridized carbons (Fsp3) is 0.391. The van der Waals surface area contributed by atoms with Crippen LogP contribution < -0.4 is 10.9 Å². The first-order chi connectivity index (χ1) is 13.6. The number of phenolic OH excluding ortho intramolecular Hbond substituents is 1. The number of carbonyl (C=O) groups is 2. The Morgan fingerprint density at radius 3 is 2.07 bits per heavy atom. The molecule has 2 aromatic carbocycles. The maximum Gasteiger partial charge on any atom is 0.273 e. The molecule has 0 radical (unpaired) electrons. The summed E-state index contributed by atoms with van der Waals surface area (Å²) in [4.78, 5) is 24.2. The van der Waals surface area contributed by atoms with Crippen LogP contribution in [0.3, 0.4) is 0 Å². The number of hydrazine groups is 1.